The molecule has 0 aliphatic carbocycles. The number of rotatable bonds is 4. The van der Waals surface area contributed by atoms with Gasteiger partial charge in [-0.3, -0.25) is 9.36 Å². The molecule has 0 fully saturated rings. The van der Waals surface area contributed by atoms with Crippen molar-refractivity contribution >= 4 is 11.7 Å². The number of para-hydroxylation sites is 2. The van der Waals surface area contributed by atoms with Crippen molar-refractivity contribution in [3.8, 4) is 17.2 Å². The Hall–Kier alpha value is -3.35. The largest absolute Gasteiger partial charge is 0.493 e. The number of amides is 1. The molecule has 2 heterocycles. The molecule has 0 bridgehead atoms. The molecule has 3 aromatic rings. The third kappa shape index (κ3) is 2.81. The van der Waals surface area contributed by atoms with Gasteiger partial charge in [0.25, 0.3) is 0 Å². The minimum Gasteiger partial charge on any atom is -0.493 e. The lowest BCUT2D eigenvalue weighted by Gasteiger charge is -2.25. The summed E-state index contributed by atoms with van der Waals surface area (Å²) in [7, 11) is 3.12. The fourth-order valence-electron chi connectivity index (χ4n) is 3.48. The van der Waals surface area contributed by atoms with Crippen LogP contribution in [-0.2, 0) is 4.79 Å². The fourth-order valence-corrected chi connectivity index (χ4v) is 3.48. The molecular weight excluding hydrogens is 349 g/mol. The molecule has 1 aromatic heterocycles. The first-order chi connectivity index (χ1) is 13.1. The second kappa shape index (κ2) is 6.75. The molecule has 1 aliphatic heterocycles. The molecule has 0 spiro atoms. The quantitative estimate of drug-likeness (QED) is 0.766. The van der Waals surface area contributed by atoms with Crippen LogP contribution in [0, 0.1) is 5.82 Å². The summed E-state index contributed by atoms with van der Waals surface area (Å²) in [6.45, 7) is 0. The number of hydrogen-bond acceptors (Lipinski definition) is 4. The smallest absolute Gasteiger partial charge is 0.226 e. The molecule has 0 saturated carbocycles. The lowest BCUT2D eigenvalue weighted by atomic mass is 9.89. The Bertz CT molecular complexity index is 1020. The number of carbonyl (C=O) groups excluding carboxylic acids is 1. The van der Waals surface area contributed by atoms with Crippen molar-refractivity contribution in [1.29, 1.82) is 0 Å². The van der Waals surface area contributed by atoms with Crippen LogP contribution in [0.3, 0.4) is 0 Å². The molecule has 1 atom stereocenters. The summed E-state index contributed by atoms with van der Waals surface area (Å²) in [5.41, 5.74) is 1.78. The van der Waals surface area contributed by atoms with Crippen LogP contribution in [0.1, 0.15) is 23.6 Å². The zero-order valence-electron chi connectivity index (χ0n) is 14.9. The number of imidazole rings is 1. The molecule has 27 heavy (non-hydrogen) atoms. The molecule has 1 amide bonds. The number of aromatic nitrogens is 2. The maximum absolute atomic E-state index is 14.3. The first kappa shape index (κ1) is 17.1. The van der Waals surface area contributed by atoms with Crippen LogP contribution in [0.4, 0.5) is 10.2 Å². The Balaban J connectivity index is 1.87. The van der Waals surface area contributed by atoms with Gasteiger partial charge >= 0.3 is 0 Å². The second-order valence-corrected chi connectivity index (χ2v) is 6.19. The normalized spacial score (nSPS) is 15.8. The van der Waals surface area contributed by atoms with E-state index in [0.29, 0.717) is 28.7 Å². The maximum Gasteiger partial charge on any atom is 0.226 e. The average Bonchev–Trinajstić information content (AvgIpc) is 3.10. The van der Waals surface area contributed by atoms with Crippen molar-refractivity contribution in [3.63, 3.8) is 0 Å². The topological polar surface area (TPSA) is 65.4 Å². The molecule has 4 rings (SSSR count). The van der Waals surface area contributed by atoms with Crippen LogP contribution >= 0.6 is 0 Å². The van der Waals surface area contributed by atoms with E-state index in [1.54, 1.807) is 43.1 Å². The van der Waals surface area contributed by atoms with Crippen LogP contribution in [0.25, 0.3) is 5.69 Å². The number of methoxy groups -OCH3 is 2. The number of nitrogens with one attached hydrogen (secondary N) is 1. The summed E-state index contributed by atoms with van der Waals surface area (Å²) >= 11 is 0. The van der Waals surface area contributed by atoms with Gasteiger partial charge in [0.2, 0.25) is 5.91 Å². The highest BCUT2D eigenvalue weighted by Gasteiger charge is 2.33. The summed E-state index contributed by atoms with van der Waals surface area (Å²) in [5, 5.41) is 2.82. The van der Waals surface area contributed by atoms with E-state index >= 15 is 0 Å². The van der Waals surface area contributed by atoms with Gasteiger partial charge in [-0.15, -0.1) is 0 Å². The van der Waals surface area contributed by atoms with Crippen LogP contribution in [0.15, 0.2) is 48.8 Å². The predicted molar refractivity (Wildman–Crippen MR) is 98.2 cm³/mol. The minimum absolute atomic E-state index is 0.171. The van der Waals surface area contributed by atoms with Crippen molar-refractivity contribution in [1.82, 2.24) is 9.55 Å². The van der Waals surface area contributed by atoms with Crippen molar-refractivity contribution in [3.05, 3.63) is 65.9 Å². The minimum atomic E-state index is -0.395. The van der Waals surface area contributed by atoms with Crippen molar-refractivity contribution in [2.75, 3.05) is 19.5 Å². The van der Waals surface area contributed by atoms with E-state index in [0.717, 1.165) is 5.56 Å². The Morgan fingerprint density at radius 1 is 1.15 bits per heavy atom. The van der Waals surface area contributed by atoms with Crippen LogP contribution in [0.2, 0.25) is 0 Å². The van der Waals surface area contributed by atoms with E-state index in [2.05, 4.69) is 10.3 Å². The number of nitrogens with zero attached hydrogens (tertiary/aromatic N) is 2. The van der Waals surface area contributed by atoms with Crippen molar-refractivity contribution < 1.29 is 18.7 Å². The van der Waals surface area contributed by atoms with Crippen LogP contribution < -0.4 is 14.8 Å². The summed E-state index contributed by atoms with van der Waals surface area (Å²) in [6.07, 6.45) is 1.74. The highest BCUT2D eigenvalue weighted by atomic mass is 19.1. The highest BCUT2D eigenvalue weighted by molar-refractivity contribution is 5.94. The van der Waals surface area contributed by atoms with E-state index in [1.165, 1.54) is 12.4 Å². The first-order valence-electron chi connectivity index (χ1n) is 8.47. The number of hydrogen-bond donors (Lipinski definition) is 1. The molecule has 0 radical (unpaired) electrons. The van der Waals surface area contributed by atoms with Crippen LogP contribution in [0.5, 0.6) is 11.5 Å². The molecule has 1 N–H and O–H groups in total. The number of carbonyl (C=O) groups is 1. The number of ether oxygens (including phenoxy) is 2. The van der Waals surface area contributed by atoms with Gasteiger partial charge < -0.3 is 14.8 Å². The molecule has 0 saturated heterocycles. The predicted octanol–water partition coefficient (Wildman–Crippen LogP) is 3.50. The SMILES string of the molecule is COc1cccc([C@H]2CC(=O)Nc3c2ncn3-c2ccccc2F)c1OC. The van der Waals surface area contributed by atoms with Gasteiger partial charge in [0.15, 0.2) is 11.5 Å². The van der Waals surface area contributed by atoms with Gasteiger partial charge in [0, 0.05) is 17.9 Å². The Morgan fingerprint density at radius 2 is 1.96 bits per heavy atom. The Kier molecular flexibility index (Phi) is 4.27. The highest BCUT2D eigenvalue weighted by Crippen LogP contribution is 2.43. The van der Waals surface area contributed by atoms with E-state index in [4.69, 9.17) is 9.47 Å². The Labute approximate surface area is 155 Å². The Morgan fingerprint density at radius 3 is 2.70 bits per heavy atom. The summed E-state index contributed by atoms with van der Waals surface area (Å²) < 4.78 is 26.7. The summed E-state index contributed by atoms with van der Waals surface area (Å²) in [4.78, 5) is 16.9. The summed E-state index contributed by atoms with van der Waals surface area (Å²) in [6, 6.07) is 11.9. The first-order valence-corrected chi connectivity index (χ1v) is 8.47. The number of halogens is 1. The van der Waals surface area contributed by atoms with Gasteiger partial charge in [-0.25, -0.2) is 9.37 Å². The van der Waals surface area contributed by atoms with Gasteiger partial charge in [0.1, 0.15) is 18.0 Å². The molecular formula is C20H18FN3O3. The van der Waals surface area contributed by atoms with E-state index in [-0.39, 0.29) is 18.2 Å². The molecule has 1 aliphatic rings. The zero-order chi connectivity index (χ0) is 19.0. The molecule has 138 valence electrons. The second-order valence-electron chi connectivity index (χ2n) is 6.19. The van der Waals surface area contributed by atoms with E-state index in [1.807, 2.05) is 12.1 Å². The lowest BCUT2D eigenvalue weighted by molar-refractivity contribution is -0.116. The van der Waals surface area contributed by atoms with E-state index in [9.17, 15) is 9.18 Å². The zero-order valence-corrected chi connectivity index (χ0v) is 14.9. The monoisotopic (exact) mass is 367 g/mol. The number of benzene rings is 2. The number of anilines is 1. The molecule has 2 aromatic carbocycles. The van der Waals surface area contributed by atoms with Crippen molar-refractivity contribution in [2.24, 2.45) is 0 Å². The average molecular weight is 367 g/mol. The standard InChI is InChI=1S/C20H18FN3O3/c1-26-16-9-5-6-12(19(16)27-2)13-10-17(25)23-20-18(13)22-11-24(20)15-8-4-3-7-14(15)21/h3-9,11,13H,10H2,1-2H3,(H,23,25)/t13-/m1/s1. The van der Waals surface area contributed by atoms with Gasteiger partial charge in [-0.1, -0.05) is 24.3 Å². The van der Waals surface area contributed by atoms with Gasteiger partial charge in [0.05, 0.1) is 25.6 Å². The van der Waals surface area contributed by atoms with Crippen molar-refractivity contribution in [2.45, 2.75) is 12.3 Å². The number of fused-ring (bicyclic) bond motifs is 1. The van der Waals surface area contributed by atoms with E-state index < -0.39 is 5.82 Å². The van der Waals surface area contributed by atoms with Gasteiger partial charge in [-0.2, -0.15) is 0 Å². The maximum atomic E-state index is 14.3. The third-order valence-corrected chi connectivity index (χ3v) is 4.69. The molecule has 6 nitrogen and oxygen atoms in total. The molecule has 7 heteroatoms. The van der Waals surface area contributed by atoms with Crippen LogP contribution in [-0.4, -0.2) is 29.7 Å². The fraction of sp³-hybridized carbons (Fsp3) is 0.200. The third-order valence-electron chi connectivity index (χ3n) is 4.69. The van der Waals surface area contributed by atoms with Gasteiger partial charge in [-0.05, 0) is 18.2 Å². The summed E-state index contributed by atoms with van der Waals surface area (Å²) in [5.74, 6) is 0.712. The lowest BCUT2D eigenvalue weighted by Crippen LogP contribution is -2.25. The molecule has 0 unspecified atom stereocenters.